The number of carbonyl (C=O) groups excluding carboxylic acids is 1. The van der Waals surface area contributed by atoms with Crippen LogP contribution in [0.25, 0.3) is 11.5 Å². The van der Waals surface area contributed by atoms with Gasteiger partial charge in [0.25, 0.3) is 5.91 Å². The molecular formula is C22H25N5O2. The number of rotatable bonds is 7. The lowest BCUT2D eigenvalue weighted by Crippen LogP contribution is -2.41. The van der Waals surface area contributed by atoms with Crippen molar-refractivity contribution in [3.8, 4) is 11.5 Å². The average Bonchev–Trinajstić information content (AvgIpc) is 3.23. The SMILES string of the molecule is CN=C(NCCNC(=O)c1cccc(C)c1)NCc1coc(-c2ccccc2)n1. The van der Waals surface area contributed by atoms with Crippen LogP contribution in [-0.4, -0.2) is 37.0 Å². The molecule has 0 aliphatic carbocycles. The first kappa shape index (κ1) is 20.1. The molecule has 7 nitrogen and oxygen atoms in total. The van der Waals surface area contributed by atoms with Crippen molar-refractivity contribution in [3.63, 3.8) is 0 Å². The van der Waals surface area contributed by atoms with E-state index in [9.17, 15) is 4.79 Å². The second-order valence-corrected chi connectivity index (χ2v) is 6.49. The minimum atomic E-state index is -0.0884. The van der Waals surface area contributed by atoms with Crippen LogP contribution in [0.3, 0.4) is 0 Å². The smallest absolute Gasteiger partial charge is 0.251 e. The Kier molecular flexibility index (Phi) is 7.00. The van der Waals surface area contributed by atoms with Gasteiger partial charge in [-0.15, -0.1) is 0 Å². The summed E-state index contributed by atoms with van der Waals surface area (Å²) in [4.78, 5) is 20.8. The molecule has 7 heteroatoms. The van der Waals surface area contributed by atoms with E-state index in [1.165, 1.54) is 0 Å². The van der Waals surface area contributed by atoms with E-state index >= 15 is 0 Å². The summed E-state index contributed by atoms with van der Waals surface area (Å²) in [5, 5.41) is 9.23. The van der Waals surface area contributed by atoms with Gasteiger partial charge in [-0.25, -0.2) is 4.98 Å². The molecule has 0 saturated heterocycles. The van der Waals surface area contributed by atoms with E-state index in [2.05, 4.69) is 25.9 Å². The normalized spacial score (nSPS) is 11.2. The fourth-order valence-electron chi connectivity index (χ4n) is 2.74. The topological polar surface area (TPSA) is 91.5 Å². The number of hydrogen-bond acceptors (Lipinski definition) is 4. The number of benzene rings is 2. The summed E-state index contributed by atoms with van der Waals surface area (Å²) in [5.74, 6) is 1.12. The van der Waals surface area contributed by atoms with Gasteiger partial charge in [0.1, 0.15) is 6.26 Å². The van der Waals surface area contributed by atoms with Gasteiger partial charge in [-0.3, -0.25) is 9.79 Å². The molecule has 150 valence electrons. The minimum Gasteiger partial charge on any atom is -0.444 e. The predicted octanol–water partition coefficient (Wildman–Crippen LogP) is 2.75. The Morgan fingerprint density at radius 1 is 1.03 bits per heavy atom. The van der Waals surface area contributed by atoms with Crippen LogP contribution < -0.4 is 16.0 Å². The Balaban J connectivity index is 1.41. The van der Waals surface area contributed by atoms with Crippen molar-refractivity contribution in [1.29, 1.82) is 0 Å². The van der Waals surface area contributed by atoms with E-state index in [0.29, 0.717) is 37.0 Å². The standard InChI is InChI=1S/C22H25N5O2/c1-16-7-6-10-18(13-16)20(28)24-11-12-25-22(23-2)26-14-19-15-29-21(27-19)17-8-4-3-5-9-17/h3-10,13,15H,11-12,14H2,1-2H3,(H,24,28)(H2,23,25,26). The van der Waals surface area contributed by atoms with Crippen LogP contribution in [0, 0.1) is 6.92 Å². The quantitative estimate of drug-likeness (QED) is 0.327. The van der Waals surface area contributed by atoms with Crippen molar-refractivity contribution in [2.75, 3.05) is 20.1 Å². The number of nitrogens with one attached hydrogen (secondary N) is 3. The highest BCUT2D eigenvalue weighted by Gasteiger charge is 2.07. The molecule has 0 unspecified atom stereocenters. The van der Waals surface area contributed by atoms with Crippen molar-refractivity contribution in [2.45, 2.75) is 13.5 Å². The summed E-state index contributed by atoms with van der Waals surface area (Å²) in [6.07, 6.45) is 1.63. The van der Waals surface area contributed by atoms with Gasteiger partial charge in [-0.1, -0.05) is 35.9 Å². The molecule has 0 spiro atoms. The number of aromatic nitrogens is 1. The van der Waals surface area contributed by atoms with Crippen molar-refractivity contribution in [2.24, 2.45) is 4.99 Å². The number of oxazole rings is 1. The zero-order valence-electron chi connectivity index (χ0n) is 16.6. The van der Waals surface area contributed by atoms with Crippen LogP contribution in [0.4, 0.5) is 0 Å². The molecule has 0 fully saturated rings. The van der Waals surface area contributed by atoms with Crippen molar-refractivity contribution in [1.82, 2.24) is 20.9 Å². The molecule has 0 saturated carbocycles. The number of amides is 1. The molecule has 0 aliphatic rings. The number of nitrogens with zero attached hydrogens (tertiary/aromatic N) is 2. The lowest BCUT2D eigenvalue weighted by atomic mass is 10.1. The van der Waals surface area contributed by atoms with Crippen molar-refractivity contribution < 1.29 is 9.21 Å². The van der Waals surface area contributed by atoms with E-state index in [0.717, 1.165) is 16.8 Å². The number of hydrogen-bond donors (Lipinski definition) is 3. The zero-order valence-corrected chi connectivity index (χ0v) is 16.6. The molecular weight excluding hydrogens is 366 g/mol. The van der Waals surface area contributed by atoms with E-state index in [1.807, 2.05) is 55.5 Å². The Morgan fingerprint density at radius 2 is 1.83 bits per heavy atom. The summed E-state index contributed by atoms with van der Waals surface area (Å²) in [6, 6.07) is 17.3. The molecule has 29 heavy (non-hydrogen) atoms. The van der Waals surface area contributed by atoms with Crippen LogP contribution in [0.1, 0.15) is 21.6 Å². The van der Waals surface area contributed by atoms with Crippen molar-refractivity contribution >= 4 is 11.9 Å². The minimum absolute atomic E-state index is 0.0884. The third-order valence-electron chi connectivity index (χ3n) is 4.22. The highest BCUT2D eigenvalue weighted by Crippen LogP contribution is 2.17. The highest BCUT2D eigenvalue weighted by molar-refractivity contribution is 5.94. The van der Waals surface area contributed by atoms with Crippen LogP contribution in [-0.2, 0) is 6.54 Å². The zero-order chi connectivity index (χ0) is 20.5. The number of aliphatic imine (C=N–C) groups is 1. The van der Waals surface area contributed by atoms with E-state index in [1.54, 1.807) is 19.4 Å². The van der Waals surface area contributed by atoms with Gasteiger partial charge >= 0.3 is 0 Å². The first-order valence-electron chi connectivity index (χ1n) is 9.45. The molecule has 0 atom stereocenters. The molecule has 0 bridgehead atoms. The van der Waals surface area contributed by atoms with Gasteiger partial charge in [-0.2, -0.15) is 0 Å². The second kappa shape index (κ2) is 10.1. The molecule has 1 heterocycles. The molecule has 3 N–H and O–H groups in total. The van der Waals surface area contributed by atoms with Crippen molar-refractivity contribution in [3.05, 3.63) is 77.7 Å². The monoisotopic (exact) mass is 391 g/mol. The average molecular weight is 391 g/mol. The summed E-state index contributed by atoms with van der Waals surface area (Å²) >= 11 is 0. The van der Waals surface area contributed by atoms with E-state index < -0.39 is 0 Å². The lowest BCUT2D eigenvalue weighted by Gasteiger charge is -2.11. The van der Waals surface area contributed by atoms with Gasteiger partial charge < -0.3 is 20.4 Å². The van der Waals surface area contributed by atoms with Crippen LogP contribution >= 0.6 is 0 Å². The Hall–Kier alpha value is -3.61. The van der Waals surface area contributed by atoms with Gasteiger partial charge in [0, 0.05) is 31.3 Å². The molecule has 1 amide bonds. The summed E-state index contributed by atoms with van der Waals surface area (Å²) in [5.41, 5.74) is 3.43. The van der Waals surface area contributed by atoms with Crippen LogP contribution in [0.2, 0.25) is 0 Å². The Bertz CT molecular complexity index is 966. The third-order valence-corrected chi connectivity index (χ3v) is 4.22. The maximum atomic E-state index is 12.1. The number of aryl methyl sites for hydroxylation is 1. The predicted molar refractivity (Wildman–Crippen MR) is 114 cm³/mol. The molecule has 1 aromatic heterocycles. The fraction of sp³-hybridized carbons (Fsp3) is 0.227. The molecule has 2 aromatic carbocycles. The first-order chi connectivity index (χ1) is 14.2. The number of carbonyl (C=O) groups is 1. The third kappa shape index (κ3) is 5.93. The fourth-order valence-corrected chi connectivity index (χ4v) is 2.74. The Labute approximate surface area is 170 Å². The van der Waals surface area contributed by atoms with Gasteiger partial charge in [-0.05, 0) is 31.2 Å². The highest BCUT2D eigenvalue weighted by atomic mass is 16.3. The summed E-state index contributed by atoms with van der Waals surface area (Å²) in [6.45, 7) is 3.47. The summed E-state index contributed by atoms with van der Waals surface area (Å²) in [7, 11) is 1.69. The molecule has 0 radical (unpaired) electrons. The lowest BCUT2D eigenvalue weighted by molar-refractivity contribution is 0.0954. The van der Waals surface area contributed by atoms with Gasteiger partial charge in [0.2, 0.25) is 5.89 Å². The Morgan fingerprint density at radius 3 is 2.59 bits per heavy atom. The van der Waals surface area contributed by atoms with E-state index in [4.69, 9.17) is 4.42 Å². The van der Waals surface area contributed by atoms with Gasteiger partial charge in [0.05, 0.1) is 12.2 Å². The maximum Gasteiger partial charge on any atom is 0.251 e. The molecule has 3 rings (SSSR count). The first-order valence-corrected chi connectivity index (χ1v) is 9.45. The second-order valence-electron chi connectivity index (χ2n) is 6.49. The van der Waals surface area contributed by atoms with Crippen LogP contribution in [0.5, 0.6) is 0 Å². The van der Waals surface area contributed by atoms with E-state index in [-0.39, 0.29) is 5.91 Å². The molecule has 3 aromatic rings. The largest absolute Gasteiger partial charge is 0.444 e. The van der Waals surface area contributed by atoms with Gasteiger partial charge in [0.15, 0.2) is 5.96 Å². The maximum absolute atomic E-state index is 12.1. The van der Waals surface area contributed by atoms with Crippen LogP contribution in [0.15, 0.2) is 70.3 Å². The summed E-state index contributed by atoms with van der Waals surface area (Å²) < 4.78 is 5.53. The molecule has 0 aliphatic heterocycles. The number of guanidine groups is 1.